The third-order valence-electron chi connectivity index (χ3n) is 5.56. The summed E-state index contributed by atoms with van der Waals surface area (Å²) in [6.45, 7) is 2.22. The average Bonchev–Trinajstić information content (AvgIpc) is 3.25. The fourth-order valence-corrected chi connectivity index (χ4v) is 4.94. The molecule has 0 aliphatic carbocycles. The Morgan fingerprint density at radius 3 is 2.58 bits per heavy atom. The van der Waals surface area contributed by atoms with Crippen molar-refractivity contribution in [3.63, 3.8) is 0 Å². The van der Waals surface area contributed by atoms with Gasteiger partial charge >= 0.3 is 6.09 Å². The second kappa shape index (κ2) is 10.4. The minimum Gasteiger partial charge on any atom is -0.445 e. The summed E-state index contributed by atoms with van der Waals surface area (Å²) >= 11 is 1.77. The zero-order valence-electron chi connectivity index (χ0n) is 17.5. The van der Waals surface area contributed by atoms with Gasteiger partial charge in [-0.1, -0.05) is 42.5 Å². The number of rotatable bonds is 7. The first kappa shape index (κ1) is 21.3. The van der Waals surface area contributed by atoms with Gasteiger partial charge in [-0.25, -0.2) is 9.78 Å². The molecule has 1 fully saturated rings. The summed E-state index contributed by atoms with van der Waals surface area (Å²) in [6, 6.07) is 17.8. The number of thiazole rings is 1. The van der Waals surface area contributed by atoms with E-state index in [0.29, 0.717) is 25.3 Å². The lowest BCUT2D eigenvalue weighted by Gasteiger charge is -2.31. The molecule has 1 saturated heterocycles. The maximum Gasteiger partial charge on any atom is 0.407 e. The molecule has 1 aromatic heterocycles. The number of amides is 2. The fourth-order valence-electron chi connectivity index (χ4n) is 3.80. The van der Waals surface area contributed by atoms with Crippen molar-refractivity contribution in [3.05, 3.63) is 65.2 Å². The zero-order valence-corrected chi connectivity index (χ0v) is 18.3. The van der Waals surface area contributed by atoms with Crippen LogP contribution in [0.5, 0.6) is 0 Å². The van der Waals surface area contributed by atoms with Crippen LogP contribution in [0.15, 0.2) is 54.6 Å². The standard InChI is InChI=1S/C24H27N3O3S/c28-22(11-6-14-25-24(29)30-17-18-7-2-1-3-8-18)27-15-12-19(13-16-27)23-26-20-9-4-5-10-21(20)31-23/h1-5,7-10,19H,6,11-17H2,(H,25,29). The number of hydrogen-bond donors (Lipinski definition) is 1. The van der Waals surface area contributed by atoms with E-state index in [0.717, 1.165) is 37.0 Å². The number of para-hydroxylation sites is 1. The smallest absolute Gasteiger partial charge is 0.407 e. The van der Waals surface area contributed by atoms with Crippen molar-refractivity contribution in [1.82, 2.24) is 15.2 Å². The highest BCUT2D eigenvalue weighted by molar-refractivity contribution is 7.18. The topological polar surface area (TPSA) is 71.5 Å². The van der Waals surface area contributed by atoms with Gasteiger partial charge < -0.3 is 15.0 Å². The molecule has 0 atom stereocenters. The molecule has 6 nitrogen and oxygen atoms in total. The Balaban J connectivity index is 1.13. The van der Waals surface area contributed by atoms with Crippen LogP contribution in [0.4, 0.5) is 4.79 Å². The van der Waals surface area contributed by atoms with Gasteiger partial charge in [0, 0.05) is 32.0 Å². The highest BCUT2D eigenvalue weighted by Crippen LogP contribution is 2.33. The van der Waals surface area contributed by atoms with Crippen molar-refractivity contribution < 1.29 is 14.3 Å². The molecule has 162 valence electrons. The van der Waals surface area contributed by atoms with Gasteiger partial charge in [0.2, 0.25) is 5.91 Å². The maximum absolute atomic E-state index is 12.5. The molecule has 31 heavy (non-hydrogen) atoms. The van der Waals surface area contributed by atoms with Gasteiger partial charge in [0.1, 0.15) is 6.61 Å². The van der Waals surface area contributed by atoms with Crippen molar-refractivity contribution in [1.29, 1.82) is 0 Å². The van der Waals surface area contributed by atoms with Crippen LogP contribution in [0.25, 0.3) is 10.2 Å². The second-order valence-electron chi connectivity index (χ2n) is 7.77. The summed E-state index contributed by atoms with van der Waals surface area (Å²) in [4.78, 5) is 31.0. The number of nitrogens with zero attached hydrogens (tertiary/aromatic N) is 2. The molecular formula is C24H27N3O3S. The molecule has 0 spiro atoms. The van der Waals surface area contributed by atoms with Crippen LogP contribution < -0.4 is 5.32 Å². The van der Waals surface area contributed by atoms with Crippen LogP contribution in [-0.4, -0.2) is 41.5 Å². The largest absolute Gasteiger partial charge is 0.445 e. The lowest BCUT2D eigenvalue weighted by molar-refractivity contribution is -0.132. The summed E-state index contributed by atoms with van der Waals surface area (Å²) in [7, 11) is 0. The number of carbonyl (C=O) groups excluding carboxylic acids is 2. The molecule has 1 N–H and O–H groups in total. The summed E-state index contributed by atoms with van der Waals surface area (Å²) in [5.41, 5.74) is 2.01. The first-order chi connectivity index (χ1) is 15.2. The molecule has 2 aromatic carbocycles. The first-order valence-electron chi connectivity index (χ1n) is 10.8. The van der Waals surface area contributed by atoms with Gasteiger partial charge in [0.05, 0.1) is 15.2 Å². The van der Waals surface area contributed by atoms with Gasteiger partial charge in [-0.2, -0.15) is 0 Å². The van der Waals surface area contributed by atoms with E-state index in [1.165, 1.54) is 9.71 Å². The van der Waals surface area contributed by atoms with Crippen LogP contribution in [0.1, 0.15) is 42.2 Å². The van der Waals surface area contributed by atoms with Crippen molar-refractivity contribution >= 4 is 33.6 Å². The monoisotopic (exact) mass is 437 g/mol. The number of hydrogen-bond acceptors (Lipinski definition) is 5. The highest BCUT2D eigenvalue weighted by Gasteiger charge is 2.25. The van der Waals surface area contributed by atoms with Crippen molar-refractivity contribution in [2.24, 2.45) is 0 Å². The van der Waals surface area contributed by atoms with E-state index in [1.807, 2.05) is 47.4 Å². The van der Waals surface area contributed by atoms with Crippen LogP contribution in [0.2, 0.25) is 0 Å². The zero-order chi connectivity index (χ0) is 21.5. The molecule has 3 aromatic rings. The fraction of sp³-hybridized carbons (Fsp3) is 0.375. The van der Waals surface area contributed by atoms with E-state index < -0.39 is 6.09 Å². The van der Waals surface area contributed by atoms with Gasteiger partial charge in [-0.3, -0.25) is 4.79 Å². The molecule has 0 bridgehead atoms. The number of likely N-dealkylation sites (tertiary alicyclic amines) is 1. The van der Waals surface area contributed by atoms with E-state index in [4.69, 9.17) is 9.72 Å². The molecule has 7 heteroatoms. The van der Waals surface area contributed by atoms with E-state index >= 15 is 0 Å². The average molecular weight is 438 g/mol. The van der Waals surface area contributed by atoms with Gasteiger partial charge in [-0.15, -0.1) is 11.3 Å². The number of fused-ring (bicyclic) bond motifs is 1. The summed E-state index contributed by atoms with van der Waals surface area (Å²) in [5.74, 6) is 0.588. The third-order valence-corrected chi connectivity index (χ3v) is 6.76. The number of ether oxygens (including phenoxy) is 1. The lowest BCUT2D eigenvalue weighted by Crippen LogP contribution is -2.38. The lowest BCUT2D eigenvalue weighted by atomic mass is 9.97. The molecule has 0 radical (unpaired) electrons. The summed E-state index contributed by atoms with van der Waals surface area (Å²) < 4.78 is 6.40. The maximum atomic E-state index is 12.5. The van der Waals surface area contributed by atoms with E-state index in [9.17, 15) is 9.59 Å². The molecule has 2 heterocycles. The number of piperidine rings is 1. The predicted molar refractivity (Wildman–Crippen MR) is 122 cm³/mol. The van der Waals surface area contributed by atoms with Gasteiger partial charge in [-0.05, 0) is 37.0 Å². The Hall–Kier alpha value is -2.93. The van der Waals surface area contributed by atoms with E-state index in [2.05, 4.69) is 17.4 Å². The molecular weight excluding hydrogens is 410 g/mol. The molecule has 1 aliphatic heterocycles. The van der Waals surface area contributed by atoms with Crippen LogP contribution >= 0.6 is 11.3 Å². The Morgan fingerprint density at radius 1 is 1.06 bits per heavy atom. The second-order valence-corrected chi connectivity index (χ2v) is 8.83. The molecule has 0 unspecified atom stereocenters. The number of aromatic nitrogens is 1. The van der Waals surface area contributed by atoms with E-state index in [1.54, 1.807) is 11.3 Å². The Bertz CT molecular complexity index is 980. The molecule has 2 amide bonds. The molecule has 4 rings (SSSR count). The van der Waals surface area contributed by atoms with Gasteiger partial charge in [0.25, 0.3) is 0 Å². The Kier molecular flexibility index (Phi) is 7.14. The van der Waals surface area contributed by atoms with Crippen LogP contribution in [0, 0.1) is 0 Å². The summed E-state index contributed by atoms with van der Waals surface area (Å²) in [5, 5.41) is 3.90. The third kappa shape index (κ3) is 5.82. The SMILES string of the molecule is O=C(NCCCC(=O)N1CCC(c2nc3ccccc3s2)CC1)OCc1ccccc1. The van der Waals surface area contributed by atoms with Gasteiger partial charge in [0.15, 0.2) is 0 Å². The first-order valence-corrected chi connectivity index (χ1v) is 11.6. The minimum atomic E-state index is -0.451. The van der Waals surface area contributed by atoms with Crippen LogP contribution in [-0.2, 0) is 16.1 Å². The van der Waals surface area contributed by atoms with Crippen molar-refractivity contribution in [2.75, 3.05) is 19.6 Å². The highest BCUT2D eigenvalue weighted by atomic mass is 32.1. The number of alkyl carbamates (subject to hydrolysis) is 1. The summed E-state index contributed by atoms with van der Waals surface area (Å²) in [6.07, 6.45) is 2.50. The minimum absolute atomic E-state index is 0.155. The normalized spacial score (nSPS) is 14.5. The Morgan fingerprint density at radius 2 is 1.81 bits per heavy atom. The van der Waals surface area contributed by atoms with Crippen LogP contribution in [0.3, 0.4) is 0 Å². The van der Waals surface area contributed by atoms with Crippen molar-refractivity contribution in [3.8, 4) is 0 Å². The quantitative estimate of drug-likeness (QED) is 0.544. The van der Waals surface area contributed by atoms with E-state index in [-0.39, 0.29) is 12.5 Å². The predicted octanol–water partition coefficient (Wildman–Crippen LogP) is 4.71. The Labute approximate surface area is 186 Å². The number of benzene rings is 2. The molecule has 0 saturated carbocycles. The number of carbonyl (C=O) groups is 2. The number of nitrogens with one attached hydrogen (secondary N) is 1. The van der Waals surface area contributed by atoms with Crippen molar-refractivity contribution in [2.45, 2.75) is 38.2 Å². The molecule has 1 aliphatic rings.